The first kappa shape index (κ1) is 17.0. The highest BCUT2D eigenvalue weighted by molar-refractivity contribution is 7.99. The molecule has 0 spiro atoms. The summed E-state index contributed by atoms with van der Waals surface area (Å²) in [5, 5.41) is 20.2. The molecule has 0 saturated heterocycles. The van der Waals surface area contributed by atoms with Crippen molar-refractivity contribution in [2.24, 2.45) is 10.2 Å². The Bertz CT molecular complexity index is 783. The summed E-state index contributed by atoms with van der Waals surface area (Å²) in [6, 6.07) is 11.9. The highest BCUT2D eigenvalue weighted by Gasteiger charge is 2.20. The van der Waals surface area contributed by atoms with Crippen LogP contribution in [0.4, 0.5) is 5.69 Å². The molecule has 3 rings (SSSR count). The molecule has 1 heterocycles. The zero-order valence-electron chi connectivity index (χ0n) is 13.6. The zero-order chi connectivity index (χ0) is 17.1. The molecule has 4 nitrogen and oxygen atoms in total. The third-order valence-electron chi connectivity index (χ3n) is 3.76. The van der Waals surface area contributed by atoms with Gasteiger partial charge in [-0.1, -0.05) is 17.7 Å². The number of aryl methyl sites for hydroxylation is 2. The van der Waals surface area contributed by atoms with E-state index in [1.807, 2.05) is 55.9 Å². The summed E-state index contributed by atoms with van der Waals surface area (Å²) in [4.78, 5) is 1.20. The van der Waals surface area contributed by atoms with Crippen LogP contribution in [0.3, 0.4) is 0 Å². The van der Waals surface area contributed by atoms with Crippen molar-refractivity contribution < 1.29 is 0 Å². The molecule has 124 valence electrons. The van der Waals surface area contributed by atoms with E-state index in [2.05, 4.69) is 21.6 Å². The second kappa shape index (κ2) is 7.36. The quantitative estimate of drug-likeness (QED) is 0.393. The Hall–Kier alpha value is -1.85. The number of anilines is 1. The average Bonchev–Trinajstić information content (AvgIpc) is 2.52. The molecule has 0 fully saturated rings. The molecule has 6 heteroatoms. The maximum absolute atomic E-state index is 8.01. The number of nitrogens with one attached hydrogen (secondary N) is 2. The molecule has 0 saturated carbocycles. The number of thioether (sulfide) groups is 1. The molecule has 1 unspecified atom stereocenters. The summed E-state index contributed by atoms with van der Waals surface area (Å²) in [5.41, 5.74) is 4.26. The molecule has 2 N–H and O–H groups in total. The number of halogens is 1. The van der Waals surface area contributed by atoms with E-state index in [0.29, 0.717) is 5.02 Å². The molecular weight excluding hydrogens is 340 g/mol. The van der Waals surface area contributed by atoms with Crippen LogP contribution in [-0.4, -0.2) is 11.7 Å². The molecule has 1 atom stereocenters. The van der Waals surface area contributed by atoms with Gasteiger partial charge in [0.1, 0.15) is 0 Å². The van der Waals surface area contributed by atoms with Crippen LogP contribution in [0.1, 0.15) is 29.2 Å². The Labute approximate surface area is 151 Å². The lowest BCUT2D eigenvalue weighted by Gasteiger charge is -2.21. The van der Waals surface area contributed by atoms with Gasteiger partial charge in [-0.25, -0.2) is 0 Å². The monoisotopic (exact) mass is 358 g/mol. The number of guanidine groups is 1. The summed E-state index contributed by atoms with van der Waals surface area (Å²) < 4.78 is 0. The average molecular weight is 359 g/mol. The van der Waals surface area contributed by atoms with Gasteiger partial charge in [0.25, 0.3) is 0 Å². The first-order chi connectivity index (χ1) is 11.5. The van der Waals surface area contributed by atoms with E-state index in [-0.39, 0.29) is 12.0 Å². The van der Waals surface area contributed by atoms with Gasteiger partial charge in [0.05, 0.1) is 6.04 Å². The predicted octanol–water partition coefficient (Wildman–Crippen LogP) is 5.99. The van der Waals surface area contributed by atoms with Crippen LogP contribution in [0.15, 0.2) is 51.5 Å². The molecule has 2 aromatic carbocycles. The third kappa shape index (κ3) is 4.16. The molecule has 0 aromatic heterocycles. The van der Waals surface area contributed by atoms with Crippen LogP contribution in [0.2, 0.25) is 5.02 Å². The number of hydrogen-bond donors (Lipinski definition) is 2. The standard InChI is InChI=1S/C18H19ClN4S/c1-11-7-12(2)9-14(8-11)21-18(20)23-22-16-5-6-24-17-4-3-13(19)10-15(16)17/h3-4,7-10,16H,5-6H2,1-2H3,(H2,20,21). The number of azo groups is 1. The van der Waals surface area contributed by atoms with Crippen LogP contribution in [0.25, 0.3) is 0 Å². The molecular formula is C18H19ClN4S. The summed E-state index contributed by atoms with van der Waals surface area (Å²) >= 11 is 7.92. The van der Waals surface area contributed by atoms with Crippen LogP contribution in [0.5, 0.6) is 0 Å². The summed E-state index contributed by atoms with van der Waals surface area (Å²) in [6.45, 7) is 4.06. The first-order valence-electron chi connectivity index (χ1n) is 7.78. The van der Waals surface area contributed by atoms with E-state index in [4.69, 9.17) is 17.0 Å². The number of nitrogens with zero attached hydrogens (tertiary/aromatic N) is 2. The van der Waals surface area contributed by atoms with Gasteiger partial charge >= 0.3 is 0 Å². The molecule has 0 bridgehead atoms. The predicted molar refractivity (Wildman–Crippen MR) is 102 cm³/mol. The van der Waals surface area contributed by atoms with Crippen LogP contribution in [-0.2, 0) is 0 Å². The lowest BCUT2D eigenvalue weighted by Crippen LogP contribution is -2.09. The van der Waals surface area contributed by atoms with Crippen LogP contribution in [0, 0.1) is 19.3 Å². The smallest absolute Gasteiger partial charge is 0.239 e. The van der Waals surface area contributed by atoms with Gasteiger partial charge in [-0.3, -0.25) is 5.41 Å². The normalized spacial score (nSPS) is 16.9. The van der Waals surface area contributed by atoms with Gasteiger partial charge in [-0.05, 0) is 67.3 Å². The molecule has 0 radical (unpaired) electrons. The van der Waals surface area contributed by atoms with Gasteiger partial charge < -0.3 is 5.32 Å². The number of rotatable bonds is 2. The van der Waals surface area contributed by atoms with Crippen molar-refractivity contribution in [2.45, 2.75) is 31.2 Å². The van der Waals surface area contributed by atoms with Gasteiger partial charge in [0, 0.05) is 21.4 Å². The second-order valence-corrected chi connectivity index (χ2v) is 7.47. The summed E-state index contributed by atoms with van der Waals surface area (Å²) in [5.74, 6) is 1.04. The fourth-order valence-electron chi connectivity index (χ4n) is 2.80. The van der Waals surface area contributed by atoms with E-state index >= 15 is 0 Å². The lowest BCUT2D eigenvalue weighted by atomic mass is 10.1. The van der Waals surface area contributed by atoms with Crippen molar-refractivity contribution in [3.63, 3.8) is 0 Å². The molecule has 0 aliphatic carbocycles. The van der Waals surface area contributed by atoms with Crippen molar-refractivity contribution >= 4 is 35.0 Å². The topological polar surface area (TPSA) is 60.6 Å². The first-order valence-corrected chi connectivity index (χ1v) is 9.14. The number of fused-ring (bicyclic) bond motifs is 1. The third-order valence-corrected chi connectivity index (χ3v) is 5.12. The van der Waals surface area contributed by atoms with Gasteiger partial charge in [-0.15, -0.1) is 16.9 Å². The Kier molecular flexibility index (Phi) is 5.21. The fraction of sp³-hybridized carbons (Fsp3) is 0.278. The van der Waals surface area contributed by atoms with Crippen molar-refractivity contribution in [1.82, 2.24) is 0 Å². The van der Waals surface area contributed by atoms with Crippen LogP contribution < -0.4 is 5.32 Å². The van der Waals surface area contributed by atoms with Gasteiger partial charge in [-0.2, -0.15) is 5.11 Å². The highest BCUT2D eigenvalue weighted by Crippen LogP contribution is 2.39. The molecule has 1 aliphatic heterocycles. The van der Waals surface area contributed by atoms with E-state index in [9.17, 15) is 0 Å². The summed E-state index contributed by atoms with van der Waals surface area (Å²) in [6.07, 6.45) is 0.901. The van der Waals surface area contributed by atoms with E-state index < -0.39 is 0 Å². The minimum atomic E-state index is -0.0404. The summed E-state index contributed by atoms with van der Waals surface area (Å²) in [7, 11) is 0. The maximum Gasteiger partial charge on any atom is 0.239 e. The minimum absolute atomic E-state index is 0.0404. The van der Waals surface area contributed by atoms with Crippen molar-refractivity contribution in [2.75, 3.05) is 11.1 Å². The Morgan fingerprint density at radius 1 is 1.21 bits per heavy atom. The molecule has 0 amide bonds. The van der Waals surface area contributed by atoms with Crippen LogP contribution >= 0.6 is 23.4 Å². The number of benzene rings is 2. The van der Waals surface area contributed by atoms with Crippen molar-refractivity contribution in [1.29, 1.82) is 5.41 Å². The van der Waals surface area contributed by atoms with E-state index in [1.54, 1.807) is 0 Å². The SMILES string of the molecule is Cc1cc(C)cc(NC(=N)N=NC2CCSc3ccc(Cl)cc32)c1. The molecule has 2 aromatic rings. The minimum Gasteiger partial charge on any atom is -0.323 e. The van der Waals surface area contributed by atoms with E-state index in [1.165, 1.54) is 4.90 Å². The highest BCUT2D eigenvalue weighted by atomic mass is 35.5. The van der Waals surface area contributed by atoms with E-state index in [0.717, 1.165) is 34.6 Å². The van der Waals surface area contributed by atoms with Gasteiger partial charge in [0.15, 0.2) is 0 Å². The Morgan fingerprint density at radius 3 is 2.71 bits per heavy atom. The Morgan fingerprint density at radius 2 is 1.96 bits per heavy atom. The Balaban J connectivity index is 1.72. The largest absolute Gasteiger partial charge is 0.323 e. The lowest BCUT2D eigenvalue weighted by molar-refractivity contribution is 0.651. The zero-order valence-corrected chi connectivity index (χ0v) is 15.2. The van der Waals surface area contributed by atoms with Gasteiger partial charge in [0.2, 0.25) is 5.96 Å². The fourth-order valence-corrected chi connectivity index (χ4v) is 4.07. The second-order valence-electron chi connectivity index (χ2n) is 5.90. The number of hydrogen-bond acceptors (Lipinski definition) is 3. The molecule has 24 heavy (non-hydrogen) atoms. The van der Waals surface area contributed by atoms with Crippen molar-refractivity contribution in [3.8, 4) is 0 Å². The molecule has 1 aliphatic rings. The maximum atomic E-state index is 8.01. The van der Waals surface area contributed by atoms with Crippen molar-refractivity contribution in [3.05, 3.63) is 58.1 Å².